The van der Waals surface area contributed by atoms with Gasteiger partial charge in [-0.25, -0.2) is 0 Å². The Morgan fingerprint density at radius 2 is 2.00 bits per heavy atom. The molecule has 1 aliphatic heterocycles. The summed E-state index contributed by atoms with van der Waals surface area (Å²) in [6.45, 7) is 5.15. The average molecular weight is 454 g/mol. The summed E-state index contributed by atoms with van der Waals surface area (Å²) in [6.07, 6.45) is 7.88. The van der Waals surface area contributed by atoms with Crippen molar-refractivity contribution >= 4 is 16.8 Å². The Morgan fingerprint density at radius 3 is 2.85 bits per heavy atom. The smallest absolute Gasteiger partial charge is 0.251 e. The van der Waals surface area contributed by atoms with E-state index in [2.05, 4.69) is 56.6 Å². The van der Waals surface area contributed by atoms with E-state index in [1.54, 1.807) is 12.4 Å². The second-order valence-electron chi connectivity index (χ2n) is 9.27. The maximum absolute atomic E-state index is 13.2. The number of aromatic nitrogens is 3. The van der Waals surface area contributed by atoms with Crippen LogP contribution in [0.25, 0.3) is 22.2 Å². The number of H-pyrrole nitrogens is 1. The van der Waals surface area contributed by atoms with E-state index in [0.29, 0.717) is 5.56 Å². The zero-order valence-corrected chi connectivity index (χ0v) is 19.6. The molecular weight excluding hydrogens is 422 g/mol. The minimum Gasteiger partial charge on any atom is -0.348 e. The molecule has 1 saturated heterocycles. The summed E-state index contributed by atoms with van der Waals surface area (Å²) in [4.78, 5) is 19.8. The molecule has 1 fully saturated rings. The molecule has 2 aromatic heterocycles. The number of carbonyl (C=O) groups excluding carboxylic acids is 1. The van der Waals surface area contributed by atoms with E-state index in [4.69, 9.17) is 0 Å². The molecule has 3 heterocycles. The highest BCUT2D eigenvalue weighted by molar-refractivity contribution is 6.01. The van der Waals surface area contributed by atoms with Crippen LogP contribution in [-0.2, 0) is 6.42 Å². The number of aromatic amines is 1. The van der Waals surface area contributed by atoms with E-state index < -0.39 is 0 Å². The number of likely N-dealkylation sites (tertiary alicyclic amines) is 1. The molecule has 1 amide bonds. The van der Waals surface area contributed by atoms with Gasteiger partial charge in [-0.05, 0) is 68.6 Å². The van der Waals surface area contributed by atoms with Crippen molar-refractivity contribution in [1.82, 2.24) is 25.4 Å². The molecule has 2 N–H and O–H groups in total. The third kappa shape index (κ3) is 5.18. The van der Waals surface area contributed by atoms with Crippen molar-refractivity contribution in [2.75, 3.05) is 19.6 Å². The van der Waals surface area contributed by atoms with Crippen LogP contribution >= 0.6 is 0 Å². The van der Waals surface area contributed by atoms with Crippen molar-refractivity contribution in [3.8, 4) is 11.3 Å². The number of fused-ring (bicyclic) bond motifs is 1. The molecule has 6 nitrogen and oxygen atoms in total. The molecule has 6 heteroatoms. The number of benzene rings is 2. The van der Waals surface area contributed by atoms with Gasteiger partial charge in [-0.3, -0.25) is 14.9 Å². The lowest BCUT2D eigenvalue weighted by Gasteiger charge is -2.25. The van der Waals surface area contributed by atoms with Gasteiger partial charge in [-0.15, -0.1) is 0 Å². The Bertz CT molecular complexity index is 1270. The number of pyridine rings is 1. The molecule has 0 bridgehead atoms. The number of rotatable bonds is 6. The molecule has 1 unspecified atom stereocenters. The number of hydrogen-bond donors (Lipinski definition) is 2. The van der Waals surface area contributed by atoms with Gasteiger partial charge in [0, 0.05) is 48.0 Å². The molecule has 0 aliphatic carbocycles. The van der Waals surface area contributed by atoms with Gasteiger partial charge in [0.2, 0.25) is 0 Å². The second kappa shape index (κ2) is 10.2. The summed E-state index contributed by atoms with van der Waals surface area (Å²) in [5, 5.41) is 11.8. The molecular formula is C28H31N5O. The van der Waals surface area contributed by atoms with Gasteiger partial charge in [-0.1, -0.05) is 36.2 Å². The fourth-order valence-corrected chi connectivity index (χ4v) is 4.85. The summed E-state index contributed by atoms with van der Waals surface area (Å²) in [7, 11) is 0. The Labute approximate surface area is 200 Å². The Kier molecular flexibility index (Phi) is 6.67. The third-order valence-electron chi connectivity index (χ3n) is 6.67. The fraction of sp³-hybridized carbons (Fsp3) is 0.321. The van der Waals surface area contributed by atoms with Crippen molar-refractivity contribution in [1.29, 1.82) is 0 Å². The van der Waals surface area contributed by atoms with E-state index in [-0.39, 0.29) is 11.9 Å². The molecule has 34 heavy (non-hydrogen) atoms. The molecule has 0 spiro atoms. The lowest BCUT2D eigenvalue weighted by molar-refractivity contribution is 0.0926. The fourth-order valence-electron chi connectivity index (χ4n) is 4.85. The van der Waals surface area contributed by atoms with E-state index in [1.807, 2.05) is 30.3 Å². The van der Waals surface area contributed by atoms with Crippen LogP contribution in [0.4, 0.5) is 0 Å². The lowest BCUT2D eigenvalue weighted by Crippen LogP contribution is -2.43. The number of aryl methyl sites for hydroxylation is 1. The highest BCUT2D eigenvalue weighted by atomic mass is 16.1. The van der Waals surface area contributed by atoms with Gasteiger partial charge < -0.3 is 10.2 Å². The van der Waals surface area contributed by atoms with Crippen LogP contribution in [-0.4, -0.2) is 51.7 Å². The summed E-state index contributed by atoms with van der Waals surface area (Å²) in [6, 6.07) is 18.5. The van der Waals surface area contributed by atoms with Crippen molar-refractivity contribution in [2.45, 2.75) is 38.6 Å². The minimum absolute atomic E-state index is 0.0192. The normalized spacial score (nSPS) is 16.9. The maximum Gasteiger partial charge on any atom is 0.251 e. The highest BCUT2D eigenvalue weighted by Gasteiger charge is 2.21. The van der Waals surface area contributed by atoms with Gasteiger partial charge in [0.05, 0.1) is 5.52 Å². The first-order chi connectivity index (χ1) is 16.7. The first kappa shape index (κ1) is 22.3. The van der Waals surface area contributed by atoms with Gasteiger partial charge in [0.1, 0.15) is 5.69 Å². The van der Waals surface area contributed by atoms with Crippen LogP contribution in [0.3, 0.4) is 0 Å². The summed E-state index contributed by atoms with van der Waals surface area (Å²) in [5.74, 6) is -0.0192. The molecule has 2 aromatic carbocycles. The van der Waals surface area contributed by atoms with Crippen LogP contribution in [0.5, 0.6) is 0 Å². The number of carbonyl (C=O) groups is 1. The van der Waals surface area contributed by atoms with Crippen LogP contribution in [0.1, 0.15) is 40.7 Å². The third-order valence-corrected chi connectivity index (χ3v) is 6.67. The molecule has 174 valence electrons. The van der Waals surface area contributed by atoms with Crippen molar-refractivity contribution in [2.24, 2.45) is 0 Å². The number of nitrogens with one attached hydrogen (secondary N) is 2. The van der Waals surface area contributed by atoms with Crippen LogP contribution in [0.2, 0.25) is 0 Å². The first-order valence-corrected chi connectivity index (χ1v) is 12.1. The SMILES string of the molecule is Cc1cccc(CCN2CCCCC(NC(=O)c3ccc4[nH]nc(-c5ccncc5)c4c3)C2)c1. The largest absolute Gasteiger partial charge is 0.348 e. The van der Waals surface area contributed by atoms with Crippen LogP contribution in [0.15, 0.2) is 67.0 Å². The summed E-state index contributed by atoms with van der Waals surface area (Å²) in [5.41, 5.74) is 6.08. The predicted octanol–water partition coefficient (Wildman–Crippen LogP) is 4.76. The van der Waals surface area contributed by atoms with Crippen molar-refractivity contribution < 1.29 is 4.79 Å². The molecule has 1 atom stereocenters. The van der Waals surface area contributed by atoms with Gasteiger partial charge in [0.25, 0.3) is 5.91 Å². The zero-order valence-electron chi connectivity index (χ0n) is 19.6. The Hall–Kier alpha value is -3.51. The Morgan fingerprint density at radius 1 is 1.12 bits per heavy atom. The van der Waals surface area contributed by atoms with Gasteiger partial charge in [0.15, 0.2) is 0 Å². The van der Waals surface area contributed by atoms with E-state index in [9.17, 15) is 4.79 Å². The maximum atomic E-state index is 13.2. The monoisotopic (exact) mass is 453 g/mol. The highest BCUT2D eigenvalue weighted by Crippen LogP contribution is 2.26. The molecule has 4 aromatic rings. The van der Waals surface area contributed by atoms with Crippen LogP contribution < -0.4 is 5.32 Å². The number of nitrogens with zero attached hydrogens (tertiary/aromatic N) is 3. The minimum atomic E-state index is -0.0192. The van der Waals surface area contributed by atoms with Crippen molar-refractivity contribution in [3.63, 3.8) is 0 Å². The van der Waals surface area contributed by atoms with Gasteiger partial charge in [-0.2, -0.15) is 5.10 Å². The second-order valence-corrected chi connectivity index (χ2v) is 9.27. The zero-order chi connectivity index (χ0) is 23.3. The first-order valence-electron chi connectivity index (χ1n) is 12.1. The van der Waals surface area contributed by atoms with E-state index in [0.717, 1.165) is 61.1 Å². The molecule has 1 aliphatic rings. The molecule has 0 saturated carbocycles. The topological polar surface area (TPSA) is 73.9 Å². The van der Waals surface area contributed by atoms with E-state index >= 15 is 0 Å². The Balaban J connectivity index is 1.26. The number of amides is 1. The average Bonchev–Trinajstić information content (AvgIpc) is 3.15. The summed E-state index contributed by atoms with van der Waals surface area (Å²) < 4.78 is 0. The van der Waals surface area contributed by atoms with Gasteiger partial charge >= 0.3 is 0 Å². The predicted molar refractivity (Wildman–Crippen MR) is 136 cm³/mol. The number of hydrogen-bond acceptors (Lipinski definition) is 4. The lowest BCUT2D eigenvalue weighted by atomic mass is 10.1. The van der Waals surface area contributed by atoms with Crippen molar-refractivity contribution in [3.05, 3.63) is 83.7 Å². The molecule has 0 radical (unpaired) electrons. The quantitative estimate of drug-likeness (QED) is 0.441. The van der Waals surface area contributed by atoms with E-state index in [1.165, 1.54) is 17.5 Å². The summed E-state index contributed by atoms with van der Waals surface area (Å²) >= 11 is 0. The van der Waals surface area contributed by atoms with Crippen LogP contribution in [0, 0.1) is 6.92 Å². The standard InChI is InChI=1S/C28H31N5O/c1-20-5-4-6-21(17-20)12-16-33-15-3-2-7-24(19-33)30-28(34)23-8-9-26-25(18-23)27(32-31-26)22-10-13-29-14-11-22/h4-6,8-11,13-14,17-18,24H,2-3,7,12,15-16,19H2,1H3,(H,30,34)(H,31,32). The molecule has 5 rings (SSSR count).